The minimum absolute atomic E-state index is 0.0443. The first-order valence-electron chi connectivity index (χ1n) is 12.5. The maximum atomic E-state index is 13.7. The molecule has 1 unspecified atom stereocenters. The zero-order valence-electron chi connectivity index (χ0n) is 21.1. The number of fused-ring (bicyclic) bond motifs is 2. The van der Waals surface area contributed by atoms with Crippen molar-refractivity contribution in [3.63, 3.8) is 0 Å². The number of urea groups is 1. The third-order valence-corrected chi connectivity index (χ3v) is 7.42. The third-order valence-electron chi connectivity index (χ3n) is 7.42. The summed E-state index contributed by atoms with van der Waals surface area (Å²) in [5, 5.41) is 4.19. The Labute approximate surface area is 203 Å². The van der Waals surface area contributed by atoms with Crippen LogP contribution in [0.25, 0.3) is 10.9 Å². The topological polar surface area (TPSA) is 60.8 Å². The average Bonchev–Trinajstić information content (AvgIpc) is 3.15. The van der Waals surface area contributed by atoms with Gasteiger partial charge in [-0.25, -0.2) is 4.79 Å². The molecular weight excluding hydrogens is 426 g/mol. The second kappa shape index (κ2) is 10.3. The van der Waals surface area contributed by atoms with Crippen LogP contribution in [0.15, 0.2) is 37.1 Å². The molecule has 1 N–H and O–H groups in total. The van der Waals surface area contributed by atoms with Crippen LogP contribution in [0.5, 0.6) is 0 Å². The first-order chi connectivity index (χ1) is 16.3. The molecule has 1 aromatic heterocycles. The van der Waals surface area contributed by atoms with Crippen molar-refractivity contribution in [2.24, 2.45) is 5.92 Å². The van der Waals surface area contributed by atoms with Crippen molar-refractivity contribution in [2.75, 3.05) is 47.3 Å². The van der Waals surface area contributed by atoms with E-state index in [2.05, 4.69) is 57.7 Å². The number of imide groups is 1. The van der Waals surface area contributed by atoms with Gasteiger partial charge in [-0.05, 0) is 71.1 Å². The smallest absolute Gasteiger partial charge is 0.324 e. The number of likely N-dealkylation sites (N-methyl/N-ethyl adjacent to an activating group) is 1. The van der Waals surface area contributed by atoms with Crippen LogP contribution in [0, 0.1) is 5.92 Å². The van der Waals surface area contributed by atoms with Crippen LogP contribution >= 0.6 is 0 Å². The molecule has 0 saturated carbocycles. The lowest BCUT2D eigenvalue weighted by Gasteiger charge is -2.45. The number of hydrogen-bond acceptors (Lipinski definition) is 4. The third kappa shape index (κ3) is 4.64. The molecule has 34 heavy (non-hydrogen) atoms. The number of nitrogens with one attached hydrogen (secondary N) is 1. The maximum absolute atomic E-state index is 13.7. The molecule has 4 rings (SSSR count). The maximum Gasteiger partial charge on any atom is 0.324 e. The summed E-state index contributed by atoms with van der Waals surface area (Å²) in [6.07, 6.45) is 6.75. The van der Waals surface area contributed by atoms with E-state index in [0.717, 1.165) is 32.4 Å². The number of carbonyl (C=O) groups is 2. The fourth-order valence-corrected chi connectivity index (χ4v) is 5.91. The molecule has 1 aromatic carbocycles. The summed E-state index contributed by atoms with van der Waals surface area (Å²) in [4.78, 5) is 32.4. The first-order valence-corrected chi connectivity index (χ1v) is 12.5. The molecule has 7 heteroatoms. The number of rotatable bonds is 8. The Morgan fingerprint density at radius 2 is 2.06 bits per heavy atom. The molecule has 3 amide bonds. The lowest BCUT2D eigenvalue weighted by molar-refractivity contribution is -0.135. The minimum atomic E-state index is -0.273. The Balaban J connectivity index is 1.61. The van der Waals surface area contributed by atoms with Crippen LogP contribution in [-0.2, 0) is 17.8 Å². The van der Waals surface area contributed by atoms with Crippen molar-refractivity contribution in [3.05, 3.63) is 48.2 Å². The van der Waals surface area contributed by atoms with Crippen molar-refractivity contribution in [1.29, 1.82) is 0 Å². The average molecular weight is 466 g/mol. The quantitative estimate of drug-likeness (QED) is 0.608. The van der Waals surface area contributed by atoms with Crippen molar-refractivity contribution in [1.82, 2.24) is 24.6 Å². The van der Waals surface area contributed by atoms with Crippen LogP contribution in [-0.4, -0.2) is 84.6 Å². The van der Waals surface area contributed by atoms with E-state index < -0.39 is 0 Å². The molecule has 1 saturated heterocycles. The van der Waals surface area contributed by atoms with E-state index in [1.165, 1.54) is 26.9 Å². The summed E-state index contributed by atoms with van der Waals surface area (Å²) in [6, 6.07) is 6.65. The molecule has 2 aromatic rings. The van der Waals surface area contributed by atoms with Crippen LogP contribution < -0.4 is 5.32 Å². The fourth-order valence-electron chi connectivity index (χ4n) is 5.91. The second-order valence-corrected chi connectivity index (χ2v) is 10.1. The summed E-state index contributed by atoms with van der Waals surface area (Å²) in [5.74, 6) is 0.0406. The van der Waals surface area contributed by atoms with Gasteiger partial charge in [0.15, 0.2) is 0 Å². The standard InChI is InChI=1S/C27H39N5O2/c1-6-12-31-18-19-16-24-22(21-10-8-11-23(31)25(19)21)15-20(17-30(24)5)26(33)32(27(34)28-7-2)14-9-13-29(3)4/h6,8,10-11,18,20,22,24H,1,7,9,12-17H2,2-5H3,(H,28,34)/t20?,22-,24-/m1/s1. The molecule has 0 bridgehead atoms. The highest BCUT2D eigenvalue weighted by atomic mass is 16.2. The fraction of sp³-hybridized carbons (Fsp3) is 0.556. The monoisotopic (exact) mass is 465 g/mol. The van der Waals surface area contributed by atoms with Gasteiger partial charge in [0, 0.05) is 55.2 Å². The Hall–Kier alpha value is -2.64. The van der Waals surface area contributed by atoms with Gasteiger partial charge in [0.05, 0.1) is 5.92 Å². The van der Waals surface area contributed by atoms with E-state index in [0.29, 0.717) is 25.7 Å². The Kier molecular flexibility index (Phi) is 7.43. The van der Waals surface area contributed by atoms with Crippen molar-refractivity contribution in [3.8, 4) is 0 Å². The van der Waals surface area contributed by atoms with Gasteiger partial charge in [0.1, 0.15) is 0 Å². The number of likely N-dealkylation sites (tertiary alicyclic amines) is 1. The number of carbonyl (C=O) groups excluding carboxylic acids is 2. The van der Waals surface area contributed by atoms with E-state index >= 15 is 0 Å². The summed E-state index contributed by atoms with van der Waals surface area (Å²) in [5.41, 5.74) is 3.97. The largest absolute Gasteiger partial charge is 0.343 e. The molecule has 1 aliphatic carbocycles. The number of benzene rings is 1. The molecule has 0 radical (unpaired) electrons. The summed E-state index contributed by atoms with van der Waals surface area (Å²) in [6.45, 7) is 9.08. The van der Waals surface area contributed by atoms with Crippen molar-refractivity contribution < 1.29 is 9.59 Å². The Morgan fingerprint density at radius 1 is 1.26 bits per heavy atom. The highest BCUT2D eigenvalue weighted by Crippen LogP contribution is 2.45. The van der Waals surface area contributed by atoms with E-state index in [1.807, 2.05) is 27.1 Å². The molecule has 1 fully saturated rings. The van der Waals surface area contributed by atoms with Gasteiger partial charge in [0.2, 0.25) is 5.91 Å². The molecule has 3 atom stereocenters. The number of aromatic nitrogens is 1. The predicted molar refractivity (Wildman–Crippen MR) is 137 cm³/mol. The van der Waals surface area contributed by atoms with Crippen LogP contribution in [0.2, 0.25) is 0 Å². The van der Waals surface area contributed by atoms with Gasteiger partial charge in [0.25, 0.3) is 0 Å². The number of hydrogen-bond donors (Lipinski definition) is 1. The van der Waals surface area contributed by atoms with Gasteiger partial charge in [-0.2, -0.15) is 0 Å². The van der Waals surface area contributed by atoms with Gasteiger partial charge in [-0.1, -0.05) is 18.2 Å². The molecule has 184 valence electrons. The number of amides is 3. The lowest BCUT2D eigenvalue weighted by atomic mass is 9.72. The number of piperidine rings is 1. The predicted octanol–water partition coefficient (Wildman–Crippen LogP) is 3.30. The lowest BCUT2D eigenvalue weighted by Crippen LogP contribution is -2.54. The molecule has 7 nitrogen and oxygen atoms in total. The Morgan fingerprint density at radius 3 is 2.76 bits per heavy atom. The van der Waals surface area contributed by atoms with E-state index in [1.54, 1.807) is 0 Å². The number of allylic oxidation sites excluding steroid dienone is 1. The first kappa shape index (κ1) is 24.5. The van der Waals surface area contributed by atoms with Gasteiger partial charge < -0.3 is 19.7 Å². The second-order valence-electron chi connectivity index (χ2n) is 10.1. The molecule has 2 heterocycles. The SMILES string of the molecule is C=CCn1cc2c3c(cccc31)[C@H]1CC(C(=O)N(CCCN(C)C)C(=O)NCC)CN(C)[C@@H]1C2. The van der Waals surface area contributed by atoms with Crippen LogP contribution in [0.1, 0.15) is 36.8 Å². The summed E-state index contributed by atoms with van der Waals surface area (Å²) in [7, 11) is 6.15. The van der Waals surface area contributed by atoms with Gasteiger partial charge >= 0.3 is 6.03 Å². The highest BCUT2D eigenvalue weighted by Gasteiger charge is 2.43. The summed E-state index contributed by atoms with van der Waals surface area (Å²) >= 11 is 0. The minimum Gasteiger partial charge on any atom is -0.343 e. The zero-order chi connectivity index (χ0) is 24.4. The Bertz CT molecular complexity index is 1060. The van der Waals surface area contributed by atoms with Crippen molar-refractivity contribution >= 4 is 22.8 Å². The molecule has 2 aliphatic rings. The van der Waals surface area contributed by atoms with E-state index in [4.69, 9.17) is 0 Å². The molecular formula is C27H39N5O2. The normalized spacial score (nSPS) is 22.0. The van der Waals surface area contributed by atoms with Gasteiger partial charge in [-0.15, -0.1) is 6.58 Å². The van der Waals surface area contributed by atoms with Crippen LogP contribution in [0.3, 0.4) is 0 Å². The zero-order valence-corrected chi connectivity index (χ0v) is 21.1. The number of nitrogens with zero attached hydrogens (tertiary/aromatic N) is 4. The van der Waals surface area contributed by atoms with Crippen molar-refractivity contribution in [2.45, 2.75) is 44.7 Å². The van der Waals surface area contributed by atoms with E-state index in [-0.39, 0.29) is 23.8 Å². The highest BCUT2D eigenvalue weighted by molar-refractivity contribution is 5.96. The summed E-state index contributed by atoms with van der Waals surface area (Å²) < 4.78 is 2.28. The molecule has 0 spiro atoms. The van der Waals surface area contributed by atoms with Gasteiger partial charge in [-0.3, -0.25) is 9.69 Å². The van der Waals surface area contributed by atoms with E-state index in [9.17, 15) is 9.59 Å². The van der Waals surface area contributed by atoms with Crippen LogP contribution in [0.4, 0.5) is 4.79 Å². The molecule has 1 aliphatic heterocycles.